The molecule has 6 nitrogen and oxygen atoms in total. The minimum absolute atomic E-state index is 0.130. The molecule has 4 rings (SSSR count). The van der Waals surface area contributed by atoms with E-state index in [1.54, 1.807) is 16.7 Å². The van der Waals surface area contributed by atoms with Crippen molar-refractivity contribution in [3.8, 4) is 23.0 Å². The maximum absolute atomic E-state index is 12.6. The van der Waals surface area contributed by atoms with Crippen molar-refractivity contribution in [2.45, 2.75) is 20.4 Å². The van der Waals surface area contributed by atoms with Crippen molar-refractivity contribution in [1.29, 1.82) is 0 Å². The van der Waals surface area contributed by atoms with Gasteiger partial charge >= 0.3 is 0 Å². The van der Waals surface area contributed by atoms with Gasteiger partial charge in [0.2, 0.25) is 11.7 Å². The highest BCUT2D eigenvalue weighted by atomic mass is 35.5. The van der Waals surface area contributed by atoms with E-state index in [2.05, 4.69) is 15.5 Å². The first-order valence-corrected chi connectivity index (χ1v) is 9.50. The highest BCUT2D eigenvalue weighted by Gasteiger charge is 2.16. The maximum atomic E-state index is 12.6. The lowest BCUT2D eigenvalue weighted by Crippen LogP contribution is -2.20. The minimum Gasteiger partial charge on any atom is -0.334 e. The van der Waals surface area contributed by atoms with Crippen LogP contribution in [0.1, 0.15) is 11.1 Å². The number of nitrogens with zero attached hydrogens (tertiary/aromatic N) is 3. The normalized spacial score (nSPS) is 10.9. The van der Waals surface area contributed by atoms with Crippen LogP contribution in [0.5, 0.6) is 0 Å². The number of para-hydroxylation sites is 1. The zero-order valence-corrected chi connectivity index (χ0v) is 16.8. The summed E-state index contributed by atoms with van der Waals surface area (Å²) in [6.45, 7) is 4.07. The first-order chi connectivity index (χ1) is 14.0. The molecule has 0 aliphatic heterocycles. The molecule has 2 heterocycles. The Balaban J connectivity index is 1.54. The SMILES string of the molecule is Cc1cccc(C)c1NC(=O)Cn1cccc1-c1nc(-c2cccc(Cl)c2)no1. The number of benzene rings is 2. The minimum atomic E-state index is -0.130. The molecule has 0 spiro atoms. The Labute approximate surface area is 173 Å². The van der Waals surface area contributed by atoms with Crippen LogP contribution in [0.3, 0.4) is 0 Å². The van der Waals surface area contributed by atoms with Gasteiger partial charge in [0.15, 0.2) is 0 Å². The average Bonchev–Trinajstić information content (AvgIpc) is 3.34. The van der Waals surface area contributed by atoms with Gasteiger partial charge in [-0.2, -0.15) is 4.98 Å². The second-order valence-corrected chi connectivity index (χ2v) is 7.21. The number of anilines is 1. The summed E-state index contributed by atoms with van der Waals surface area (Å²) < 4.78 is 7.20. The summed E-state index contributed by atoms with van der Waals surface area (Å²) >= 11 is 6.04. The molecule has 29 heavy (non-hydrogen) atoms. The molecule has 0 saturated heterocycles. The van der Waals surface area contributed by atoms with Crippen LogP contribution >= 0.6 is 11.6 Å². The van der Waals surface area contributed by atoms with Crippen LogP contribution in [-0.2, 0) is 11.3 Å². The Kier molecular flexibility index (Phi) is 5.18. The van der Waals surface area contributed by atoms with Gasteiger partial charge in [-0.15, -0.1) is 0 Å². The first-order valence-electron chi connectivity index (χ1n) is 9.12. The highest BCUT2D eigenvalue weighted by molar-refractivity contribution is 6.30. The van der Waals surface area contributed by atoms with Gasteiger partial charge in [0.1, 0.15) is 12.2 Å². The molecule has 4 aromatic rings. The standard InChI is InChI=1S/C22H19ClN4O2/c1-14-6-3-7-15(2)20(14)24-19(28)13-27-11-5-10-18(27)22-25-21(26-29-22)16-8-4-9-17(23)12-16/h3-12H,13H2,1-2H3,(H,24,28). The Morgan fingerprint density at radius 3 is 2.62 bits per heavy atom. The molecular weight excluding hydrogens is 388 g/mol. The van der Waals surface area contributed by atoms with Gasteiger partial charge in [0, 0.05) is 22.5 Å². The predicted octanol–water partition coefficient (Wildman–Crippen LogP) is 5.11. The third-order valence-electron chi connectivity index (χ3n) is 4.62. The average molecular weight is 407 g/mol. The van der Waals surface area contributed by atoms with Crippen LogP contribution in [0, 0.1) is 13.8 Å². The predicted molar refractivity (Wildman–Crippen MR) is 113 cm³/mol. The zero-order valence-electron chi connectivity index (χ0n) is 16.0. The number of rotatable bonds is 5. The molecule has 0 radical (unpaired) electrons. The quantitative estimate of drug-likeness (QED) is 0.499. The summed E-state index contributed by atoms with van der Waals surface area (Å²) in [7, 11) is 0. The van der Waals surface area contributed by atoms with Crippen LogP contribution in [0.2, 0.25) is 5.02 Å². The van der Waals surface area contributed by atoms with Crippen LogP contribution in [0.4, 0.5) is 5.69 Å². The molecule has 146 valence electrons. The molecule has 1 amide bonds. The third-order valence-corrected chi connectivity index (χ3v) is 4.85. The van der Waals surface area contributed by atoms with Crippen LogP contribution in [-0.4, -0.2) is 20.6 Å². The van der Waals surface area contributed by atoms with E-state index in [0.717, 1.165) is 22.4 Å². The number of hydrogen-bond acceptors (Lipinski definition) is 4. The molecule has 0 unspecified atom stereocenters. The van der Waals surface area contributed by atoms with Crippen molar-refractivity contribution < 1.29 is 9.32 Å². The van der Waals surface area contributed by atoms with Gasteiger partial charge < -0.3 is 14.4 Å². The smallest absolute Gasteiger partial charge is 0.274 e. The molecular formula is C22H19ClN4O2. The number of amides is 1. The maximum Gasteiger partial charge on any atom is 0.274 e. The summed E-state index contributed by atoms with van der Waals surface area (Å²) in [5.74, 6) is 0.648. The van der Waals surface area contributed by atoms with E-state index in [1.807, 2.05) is 62.5 Å². The van der Waals surface area contributed by atoms with Crippen molar-refractivity contribution in [1.82, 2.24) is 14.7 Å². The second-order valence-electron chi connectivity index (χ2n) is 6.77. The summed E-state index contributed by atoms with van der Waals surface area (Å²) in [5.41, 5.74) is 4.32. The Morgan fingerprint density at radius 1 is 1.10 bits per heavy atom. The van der Waals surface area contributed by atoms with Gasteiger partial charge in [-0.25, -0.2) is 0 Å². The van der Waals surface area contributed by atoms with Crippen molar-refractivity contribution in [3.63, 3.8) is 0 Å². The third kappa shape index (κ3) is 4.07. The Hall–Kier alpha value is -3.38. The lowest BCUT2D eigenvalue weighted by Gasteiger charge is -2.12. The van der Waals surface area contributed by atoms with Crippen LogP contribution in [0.15, 0.2) is 65.3 Å². The van der Waals surface area contributed by atoms with Gasteiger partial charge in [-0.1, -0.05) is 47.1 Å². The van der Waals surface area contributed by atoms with Crippen molar-refractivity contribution in [2.24, 2.45) is 0 Å². The van der Waals surface area contributed by atoms with E-state index in [-0.39, 0.29) is 12.5 Å². The zero-order chi connectivity index (χ0) is 20.4. The number of aromatic nitrogens is 3. The number of aryl methyl sites for hydroxylation is 2. The fourth-order valence-electron chi connectivity index (χ4n) is 3.16. The van der Waals surface area contributed by atoms with E-state index in [9.17, 15) is 4.79 Å². The number of hydrogen-bond donors (Lipinski definition) is 1. The van der Waals surface area contributed by atoms with Crippen LogP contribution < -0.4 is 5.32 Å². The van der Waals surface area contributed by atoms with Gasteiger partial charge in [0.25, 0.3) is 5.89 Å². The number of carbonyl (C=O) groups is 1. The summed E-state index contributed by atoms with van der Waals surface area (Å²) in [6.07, 6.45) is 1.81. The second kappa shape index (κ2) is 7.93. The summed E-state index contributed by atoms with van der Waals surface area (Å²) in [5, 5.41) is 7.63. The van der Waals surface area contributed by atoms with E-state index in [4.69, 9.17) is 16.1 Å². The molecule has 0 aliphatic rings. The molecule has 2 aromatic heterocycles. The topological polar surface area (TPSA) is 73.0 Å². The van der Waals surface area contributed by atoms with Crippen molar-refractivity contribution >= 4 is 23.2 Å². The largest absolute Gasteiger partial charge is 0.334 e. The number of halogens is 1. The highest BCUT2D eigenvalue weighted by Crippen LogP contribution is 2.25. The molecule has 0 aliphatic carbocycles. The molecule has 2 aromatic carbocycles. The molecule has 7 heteroatoms. The monoisotopic (exact) mass is 406 g/mol. The fourth-order valence-corrected chi connectivity index (χ4v) is 3.35. The molecule has 1 N–H and O–H groups in total. The van der Waals surface area contributed by atoms with Crippen LogP contribution in [0.25, 0.3) is 23.0 Å². The molecule has 0 fully saturated rings. The fraction of sp³-hybridized carbons (Fsp3) is 0.136. The van der Waals surface area contributed by atoms with E-state index >= 15 is 0 Å². The molecule has 0 atom stereocenters. The summed E-state index contributed by atoms with van der Waals surface area (Å²) in [6, 6.07) is 16.8. The van der Waals surface area contributed by atoms with E-state index in [0.29, 0.717) is 22.4 Å². The molecule has 0 saturated carbocycles. The molecule has 0 bridgehead atoms. The first kappa shape index (κ1) is 19.0. The van der Waals surface area contributed by atoms with Crippen molar-refractivity contribution in [3.05, 3.63) is 76.9 Å². The lowest BCUT2D eigenvalue weighted by atomic mass is 10.1. The van der Waals surface area contributed by atoms with E-state index < -0.39 is 0 Å². The van der Waals surface area contributed by atoms with Gasteiger partial charge in [-0.3, -0.25) is 4.79 Å². The number of nitrogens with one attached hydrogen (secondary N) is 1. The van der Waals surface area contributed by atoms with Gasteiger partial charge in [-0.05, 0) is 49.2 Å². The Bertz CT molecular complexity index is 1160. The number of carbonyl (C=O) groups excluding carboxylic acids is 1. The van der Waals surface area contributed by atoms with E-state index in [1.165, 1.54) is 0 Å². The lowest BCUT2D eigenvalue weighted by molar-refractivity contribution is -0.116. The summed E-state index contributed by atoms with van der Waals surface area (Å²) in [4.78, 5) is 17.1. The van der Waals surface area contributed by atoms with Gasteiger partial charge in [0.05, 0.1) is 0 Å². The van der Waals surface area contributed by atoms with Crippen molar-refractivity contribution in [2.75, 3.05) is 5.32 Å². The Morgan fingerprint density at radius 2 is 1.86 bits per heavy atom.